The van der Waals surface area contributed by atoms with E-state index in [9.17, 15) is 9.59 Å². The first-order valence-corrected chi connectivity index (χ1v) is 13.0. The van der Waals surface area contributed by atoms with Crippen LogP contribution in [0, 0.1) is 40.9 Å². The van der Waals surface area contributed by atoms with Crippen molar-refractivity contribution >= 4 is 11.9 Å². The van der Waals surface area contributed by atoms with Crippen molar-refractivity contribution in [3.63, 3.8) is 0 Å². The Morgan fingerprint density at radius 2 is 1.79 bits per heavy atom. The van der Waals surface area contributed by atoms with Gasteiger partial charge in [-0.1, -0.05) is 6.92 Å². The third-order valence-electron chi connectivity index (χ3n) is 11.0. The van der Waals surface area contributed by atoms with Crippen molar-refractivity contribution in [2.24, 2.45) is 40.9 Å². The van der Waals surface area contributed by atoms with Crippen molar-refractivity contribution < 1.29 is 28.5 Å². The van der Waals surface area contributed by atoms with Gasteiger partial charge in [-0.15, -0.1) is 0 Å². The maximum Gasteiger partial charge on any atom is 0.303 e. The van der Waals surface area contributed by atoms with E-state index in [1.54, 1.807) is 7.11 Å². The van der Waals surface area contributed by atoms with Crippen molar-refractivity contribution in [3.8, 4) is 0 Å². The zero-order chi connectivity index (χ0) is 23.3. The monoisotopic (exact) mass is 461 g/mol. The Bertz CT molecular complexity index is 849. The van der Waals surface area contributed by atoms with Gasteiger partial charge in [0.25, 0.3) is 0 Å². The average Bonchev–Trinajstić information content (AvgIpc) is 3.18. The molecule has 7 heteroatoms. The second kappa shape index (κ2) is 7.41. The fourth-order valence-corrected chi connectivity index (χ4v) is 10.7. The van der Waals surface area contributed by atoms with Gasteiger partial charge in [0, 0.05) is 70.2 Å². The van der Waals surface area contributed by atoms with Crippen molar-refractivity contribution in [2.75, 3.05) is 27.3 Å². The topological polar surface area (TPSA) is 74.3 Å². The SMILES string of the molecule is CCN1C[C@@H]2CC[C@H](OC)[C@@]34[C@@H]2C[C@@H]([C@@H]13)[C@@]1(OC(C)=O)C[C@@H](OC)[C@H]2C[C@@H]4[C@@H]1[C@H]2OC(C)=O. The summed E-state index contributed by atoms with van der Waals surface area (Å²) in [6.45, 7) is 7.44. The number of likely N-dealkylation sites (tertiary alicyclic amines) is 1. The molecule has 1 heterocycles. The lowest BCUT2D eigenvalue weighted by Crippen LogP contribution is -2.75. The van der Waals surface area contributed by atoms with Gasteiger partial charge in [0.05, 0.1) is 12.2 Å². The van der Waals surface area contributed by atoms with Crippen molar-refractivity contribution in [2.45, 2.75) is 82.8 Å². The van der Waals surface area contributed by atoms with Crippen LogP contribution in [-0.4, -0.2) is 74.1 Å². The highest BCUT2D eigenvalue weighted by Crippen LogP contribution is 2.78. The Morgan fingerprint density at radius 1 is 1.00 bits per heavy atom. The highest BCUT2D eigenvalue weighted by molar-refractivity contribution is 5.67. The summed E-state index contributed by atoms with van der Waals surface area (Å²) in [4.78, 5) is 27.6. The highest BCUT2D eigenvalue weighted by atomic mass is 16.6. The van der Waals surface area contributed by atoms with E-state index in [4.69, 9.17) is 18.9 Å². The molecule has 0 N–H and O–H groups in total. The molecule has 5 aliphatic carbocycles. The molecule has 33 heavy (non-hydrogen) atoms. The number of carbonyl (C=O) groups excluding carboxylic acids is 2. The van der Waals surface area contributed by atoms with E-state index in [1.165, 1.54) is 20.3 Å². The van der Waals surface area contributed by atoms with Crippen LogP contribution in [0.1, 0.15) is 52.9 Å². The number of ether oxygens (including phenoxy) is 4. The molecule has 1 saturated heterocycles. The first kappa shape index (κ1) is 22.3. The standard InChI is InChI=1S/C26H39NO6/c1-6-27-12-15-7-8-21(31-5)26-17(15)10-19(24(26)27)25(33-14(3)29)11-20(30-4)16-9-18(26)22(25)23(16)32-13(2)28/h15-24H,6-12H2,1-5H3/t15-,16+,17+,18+,19-,20+,21-,22+,23-,24+,25-,26-/m0/s1. The molecule has 0 amide bonds. The zero-order valence-electron chi connectivity index (χ0n) is 20.6. The molecule has 1 spiro atoms. The van der Waals surface area contributed by atoms with Crippen LogP contribution >= 0.6 is 0 Å². The number of piperidine rings is 1. The van der Waals surface area contributed by atoms with Crippen LogP contribution in [0.3, 0.4) is 0 Å². The molecule has 6 aliphatic rings. The van der Waals surface area contributed by atoms with Crippen molar-refractivity contribution in [1.82, 2.24) is 4.90 Å². The second-order valence-corrected chi connectivity index (χ2v) is 11.7. The van der Waals surface area contributed by atoms with Gasteiger partial charge in [-0.2, -0.15) is 0 Å². The minimum absolute atomic E-state index is 0.0150. The van der Waals surface area contributed by atoms with Crippen LogP contribution < -0.4 is 0 Å². The molecule has 7 bridgehead atoms. The molecule has 5 saturated carbocycles. The normalized spacial score (nSPS) is 53.6. The Balaban J connectivity index is 1.59. The molecular weight excluding hydrogens is 422 g/mol. The van der Waals surface area contributed by atoms with Crippen LogP contribution in [0.15, 0.2) is 0 Å². The third-order valence-corrected chi connectivity index (χ3v) is 11.0. The number of carbonyl (C=O) groups is 2. The molecule has 184 valence electrons. The summed E-state index contributed by atoms with van der Waals surface area (Å²) in [7, 11) is 3.64. The number of hydrogen-bond acceptors (Lipinski definition) is 7. The van der Waals surface area contributed by atoms with E-state index in [1.807, 2.05) is 7.11 Å². The van der Waals surface area contributed by atoms with E-state index in [-0.39, 0.29) is 53.4 Å². The van der Waals surface area contributed by atoms with E-state index in [2.05, 4.69) is 11.8 Å². The molecule has 12 atom stereocenters. The zero-order valence-corrected chi connectivity index (χ0v) is 20.6. The van der Waals surface area contributed by atoms with E-state index in [0.29, 0.717) is 30.2 Å². The molecule has 0 radical (unpaired) electrons. The summed E-state index contributed by atoms with van der Waals surface area (Å²) < 4.78 is 25.0. The average molecular weight is 462 g/mol. The van der Waals surface area contributed by atoms with Gasteiger partial charge in [-0.25, -0.2) is 0 Å². The fourth-order valence-electron chi connectivity index (χ4n) is 10.7. The molecule has 7 nitrogen and oxygen atoms in total. The van der Waals surface area contributed by atoms with Gasteiger partial charge in [0.1, 0.15) is 11.7 Å². The summed E-state index contributed by atoms with van der Waals surface area (Å²) in [6, 6.07) is 0.335. The Labute approximate surface area is 196 Å². The van der Waals surface area contributed by atoms with Gasteiger partial charge in [-0.05, 0) is 50.0 Å². The van der Waals surface area contributed by atoms with Gasteiger partial charge in [0.2, 0.25) is 0 Å². The number of rotatable bonds is 5. The van der Waals surface area contributed by atoms with Crippen LogP contribution in [0.5, 0.6) is 0 Å². The van der Waals surface area contributed by atoms with E-state index in [0.717, 1.165) is 32.4 Å². The Hall–Kier alpha value is -1.18. The number of fused-ring (bicyclic) bond motifs is 2. The quantitative estimate of drug-likeness (QED) is 0.583. The van der Waals surface area contributed by atoms with Crippen molar-refractivity contribution in [3.05, 3.63) is 0 Å². The van der Waals surface area contributed by atoms with Crippen LogP contribution in [0.25, 0.3) is 0 Å². The van der Waals surface area contributed by atoms with Gasteiger partial charge >= 0.3 is 11.9 Å². The Morgan fingerprint density at radius 3 is 2.42 bits per heavy atom. The van der Waals surface area contributed by atoms with Crippen molar-refractivity contribution in [1.29, 1.82) is 0 Å². The van der Waals surface area contributed by atoms with Gasteiger partial charge < -0.3 is 18.9 Å². The lowest BCUT2D eigenvalue weighted by molar-refractivity contribution is -0.267. The van der Waals surface area contributed by atoms with Crippen LogP contribution in [0.4, 0.5) is 0 Å². The number of hydrogen-bond donors (Lipinski definition) is 0. The molecule has 1 aliphatic heterocycles. The summed E-state index contributed by atoms with van der Waals surface area (Å²) in [5, 5.41) is 0. The predicted octanol–water partition coefficient (Wildman–Crippen LogP) is 2.66. The lowest BCUT2D eigenvalue weighted by Gasteiger charge is -2.67. The van der Waals surface area contributed by atoms with E-state index < -0.39 is 5.60 Å². The maximum atomic E-state index is 12.7. The molecule has 0 unspecified atom stereocenters. The largest absolute Gasteiger partial charge is 0.462 e. The van der Waals surface area contributed by atoms with Gasteiger partial charge in [0.15, 0.2) is 0 Å². The van der Waals surface area contributed by atoms with E-state index >= 15 is 0 Å². The third kappa shape index (κ3) is 2.57. The highest BCUT2D eigenvalue weighted by Gasteiger charge is 2.83. The summed E-state index contributed by atoms with van der Waals surface area (Å²) in [6.07, 6.45) is 4.87. The number of esters is 2. The first-order chi connectivity index (χ1) is 15.8. The second-order valence-electron chi connectivity index (χ2n) is 11.7. The molecule has 0 aromatic carbocycles. The molecule has 0 aromatic heterocycles. The molecule has 6 fully saturated rings. The Kier molecular flexibility index (Phi) is 5.01. The molecule has 6 rings (SSSR count). The number of nitrogens with zero attached hydrogens (tertiary/aromatic N) is 1. The summed E-state index contributed by atoms with van der Waals surface area (Å²) in [5.74, 6) is 1.41. The molecule has 0 aromatic rings. The predicted molar refractivity (Wildman–Crippen MR) is 119 cm³/mol. The van der Waals surface area contributed by atoms with Crippen LogP contribution in [-0.2, 0) is 28.5 Å². The summed E-state index contributed by atoms with van der Waals surface area (Å²) >= 11 is 0. The lowest BCUT2D eigenvalue weighted by atomic mass is 9.46. The number of methoxy groups -OCH3 is 2. The summed E-state index contributed by atoms with van der Waals surface area (Å²) in [5.41, 5.74) is -0.626. The first-order valence-electron chi connectivity index (χ1n) is 13.0. The minimum Gasteiger partial charge on any atom is -0.462 e. The fraction of sp³-hybridized carbons (Fsp3) is 0.923. The smallest absolute Gasteiger partial charge is 0.303 e. The van der Waals surface area contributed by atoms with Gasteiger partial charge in [-0.3, -0.25) is 14.5 Å². The van der Waals surface area contributed by atoms with Crippen LogP contribution in [0.2, 0.25) is 0 Å². The molecular formula is C26H39NO6. The maximum absolute atomic E-state index is 12.7. The minimum atomic E-state index is -0.655.